The van der Waals surface area contributed by atoms with Crippen molar-refractivity contribution >= 4 is 34.7 Å². The molecule has 5 nitrogen and oxygen atoms in total. The lowest BCUT2D eigenvalue weighted by atomic mass is 9.91. The molecule has 2 aromatic carbocycles. The molecule has 7 heteroatoms. The Hall–Kier alpha value is -2.60. The van der Waals surface area contributed by atoms with E-state index in [0.717, 1.165) is 76.7 Å². The van der Waals surface area contributed by atoms with Crippen molar-refractivity contribution in [2.24, 2.45) is 0 Å². The van der Waals surface area contributed by atoms with Gasteiger partial charge in [-0.2, -0.15) is 9.61 Å². The first-order valence-electron chi connectivity index (χ1n) is 12.1. The number of anilines is 1. The fourth-order valence-electron chi connectivity index (χ4n) is 4.65. The van der Waals surface area contributed by atoms with Gasteiger partial charge >= 0.3 is 0 Å². The third-order valence-electron chi connectivity index (χ3n) is 6.66. The second-order valence-electron chi connectivity index (χ2n) is 10.3. The van der Waals surface area contributed by atoms with E-state index in [0.29, 0.717) is 0 Å². The van der Waals surface area contributed by atoms with E-state index in [1.807, 2.05) is 40.9 Å². The molecule has 1 saturated heterocycles. The summed E-state index contributed by atoms with van der Waals surface area (Å²) in [4.78, 5) is 10.1. The summed E-state index contributed by atoms with van der Waals surface area (Å²) in [6.07, 6.45) is 0. The number of hydrogen-bond acceptors (Lipinski definition) is 4. The normalized spacial score (nSPS) is 15.2. The summed E-state index contributed by atoms with van der Waals surface area (Å²) >= 11 is 12.2. The molecule has 0 bridgehead atoms. The molecular formula is C28H31Cl2N5. The summed E-state index contributed by atoms with van der Waals surface area (Å²) in [6.45, 7) is 13.5. The Balaban J connectivity index is 1.48. The molecule has 3 heterocycles. The number of aryl methyl sites for hydroxylation is 1. The minimum absolute atomic E-state index is 0.0810. The molecule has 0 spiro atoms. The van der Waals surface area contributed by atoms with Crippen LogP contribution in [0.1, 0.15) is 37.7 Å². The van der Waals surface area contributed by atoms with Crippen LogP contribution < -0.4 is 4.90 Å². The van der Waals surface area contributed by atoms with Crippen molar-refractivity contribution in [3.63, 3.8) is 0 Å². The molecule has 0 atom stereocenters. The average molecular weight is 508 g/mol. The molecule has 35 heavy (non-hydrogen) atoms. The molecule has 4 aromatic rings. The van der Waals surface area contributed by atoms with Crippen molar-refractivity contribution < 1.29 is 0 Å². The summed E-state index contributed by atoms with van der Waals surface area (Å²) in [5.74, 6) is 1.11. The van der Waals surface area contributed by atoms with Crippen LogP contribution >= 0.6 is 23.2 Å². The minimum atomic E-state index is -0.0810. The maximum absolute atomic E-state index is 6.16. The predicted octanol–water partition coefficient (Wildman–Crippen LogP) is 6.63. The van der Waals surface area contributed by atoms with E-state index >= 15 is 0 Å². The lowest BCUT2D eigenvalue weighted by Crippen LogP contribution is -2.46. The van der Waals surface area contributed by atoms with Gasteiger partial charge in [-0.05, 0) is 42.3 Å². The van der Waals surface area contributed by atoms with Crippen LogP contribution in [0.25, 0.3) is 16.8 Å². The predicted molar refractivity (Wildman–Crippen MR) is 146 cm³/mol. The topological polar surface area (TPSA) is 36.7 Å². The lowest BCUT2D eigenvalue weighted by molar-refractivity contribution is 0.249. The number of halogens is 2. The highest BCUT2D eigenvalue weighted by Gasteiger charge is 2.26. The van der Waals surface area contributed by atoms with E-state index in [1.165, 1.54) is 5.56 Å². The summed E-state index contributed by atoms with van der Waals surface area (Å²) < 4.78 is 2.03. The quantitative estimate of drug-likeness (QED) is 0.310. The van der Waals surface area contributed by atoms with E-state index < -0.39 is 0 Å². The van der Waals surface area contributed by atoms with Gasteiger partial charge in [-0.1, -0.05) is 68.2 Å². The van der Waals surface area contributed by atoms with Gasteiger partial charge in [0.25, 0.3) is 0 Å². The van der Waals surface area contributed by atoms with Crippen LogP contribution in [0.3, 0.4) is 0 Å². The van der Waals surface area contributed by atoms with Gasteiger partial charge in [0.1, 0.15) is 5.82 Å². The van der Waals surface area contributed by atoms with Crippen LogP contribution in [0.15, 0.2) is 54.6 Å². The van der Waals surface area contributed by atoms with Crippen molar-refractivity contribution in [3.8, 4) is 11.1 Å². The monoisotopic (exact) mass is 507 g/mol. The molecule has 182 valence electrons. The van der Waals surface area contributed by atoms with Crippen LogP contribution in [0.5, 0.6) is 0 Å². The van der Waals surface area contributed by atoms with Crippen LogP contribution in [-0.4, -0.2) is 45.7 Å². The zero-order valence-electron chi connectivity index (χ0n) is 20.7. The summed E-state index contributed by atoms with van der Waals surface area (Å²) in [5, 5.41) is 6.46. The molecule has 0 aliphatic carbocycles. The summed E-state index contributed by atoms with van der Waals surface area (Å²) in [7, 11) is 0. The largest absolute Gasteiger partial charge is 0.354 e. The van der Waals surface area contributed by atoms with Crippen molar-refractivity contribution in [1.29, 1.82) is 0 Å². The molecule has 0 radical (unpaired) electrons. The third kappa shape index (κ3) is 5.04. The first-order chi connectivity index (χ1) is 16.7. The zero-order chi connectivity index (χ0) is 24.7. The summed E-state index contributed by atoms with van der Waals surface area (Å²) in [6, 6.07) is 18.3. The smallest absolute Gasteiger partial charge is 0.165 e. The molecule has 5 rings (SSSR count). The molecule has 1 aliphatic rings. The molecule has 2 aromatic heterocycles. The van der Waals surface area contributed by atoms with Crippen molar-refractivity contribution in [1.82, 2.24) is 19.5 Å². The Morgan fingerprint density at radius 3 is 2.06 bits per heavy atom. The summed E-state index contributed by atoms with van der Waals surface area (Å²) in [5.41, 5.74) is 6.29. The van der Waals surface area contributed by atoms with Crippen LogP contribution in [0, 0.1) is 6.92 Å². The van der Waals surface area contributed by atoms with Crippen LogP contribution in [-0.2, 0) is 12.0 Å². The highest BCUT2D eigenvalue weighted by molar-refractivity contribution is 6.30. The molecular weight excluding hydrogens is 477 g/mol. The van der Waals surface area contributed by atoms with Gasteiger partial charge in [-0.25, -0.2) is 4.98 Å². The van der Waals surface area contributed by atoms with Gasteiger partial charge in [0.15, 0.2) is 5.65 Å². The number of rotatable bonds is 4. The SMILES string of the molecule is Cc1nn2c(N3CCN(Cc4ccc(Cl)cc4)CC3)cc(C(C)(C)C)nc2c1-c1ccc(Cl)cc1. The van der Waals surface area contributed by atoms with Crippen LogP contribution in [0.2, 0.25) is 10.0 Å². The average Bonchev–Trinajstić information content (AvgIpc) is 3.16. The van der Waals surface area contributed by atoms with Crippen LogP contribution in [0.4, 0.5) is 5.82 Å². The second-order valence-corrected chi connectivity index (χ2v) is 11.2. The van der Waals surface area contributed by atoms with E-state index in [9.17, 15) is 0 Å². The Bertz CT molecular complexity index is 1330. The number of piperazine rings is 1. The van der Waals surface area contributed by atoms with Crippen molar-refractivity contribution in [2.75, 3.05) is 31.1 Å². The Kier molecular flexibility index (Phi) is 6.51. The number of fused-ring (bicyclic) bond motifs is 1. The van der Waals surface area contributed by atoms with E-state index in [-0.39, 0.29) is 5.41 Å². The van der Waals surface area contributed by atoms with Gasteiger partial charge < -0.3 is 4.90 Å². The molecule has 0 N–H and O–H groups in total. The fraction of sp³-hybridized carbons (Fsp3) is 0.357. The van der Waals surface area contributed by atoms with Gasteiger partial charge in [0, 0.05) is 59.8 Å². The molecule has 1 fully saturated rings. The number of benzene rings is 2. The third-order valence-corrected chi connectivity index (χ3v) is 7.17. The lowest BCUT2D eigenvalue weighted by Gasteiger charge is -2.36. The zero-order valence-corrected chi connectivity index (χ0v) is 22.2. The maximum atomic E-state index is 6.16. The van der Waals surface area contributed by atoms with E-state index in [2.05, 4.69) is 55.7 Å². The van der Waals surface area contributed by atoms with E-state index in [1.54, 1.807) is 0 Å². The number of hydrogen-bond donors (Lipinski definition) is 0. The van der Waals surface area contributed by atoms with Crippen molar-refractivity contribution in [3.05, 3.63) is 81.6 Å². The second kappa shape index (κ2) is 9.45. The van der Waals surface area contributed by atoms with Gasteiger partial charge in [0.05, 0.1) is 11.4 Å². The van der Waals surface area contributed by atoms with Gasteiger partial charge in [-0.3, -0.25) is 4.90 Å². The van der Waals surface area contributed by atoms with Gasteiger partial charge in [0.2, 0.25) is 0 Å². The molecule has 0 unspecified atom stereocenters. The number of aromatic nitrogens is 3. The first kappa shape index (κ1) is 24.1. The minimum Gasteiger partial charge on any atom is -0.354 e. The standard InChI is InChI=1S/C28H31Cl2N5/c1-19-26(21-7-11-23(30)12-8-21)27-31-24(28(2,3)4)17-25(35(27)32-19)34-15-13-33(14-16-34)18-20-5-9-22(29)10-6-20/h5-12,17H,13-16,18H2,1-4H3. The Morgan fingerprint density at radius 2 is 1.46 bits per heavy atom. The van der Waals surface area contributed by atoms with Crippen molar-refractivity contribution in [2.45, 2.75) is 39.7 Å². The molecule has 1 aliphatic heterocycles. The Morgan fingerprint density at radius 1 is 0.857 bits per heavy atom. The first-order valence-corrected chi connectivity index (χ1v) is 12.8. The Labute approximate surface area is 217 Å². The molecule has 0 amide bonds. The fourth-order valence-corrected chi connectivity index (χ4v) is 4.91. The van der Waals surface area contributed by atoms with E-state index in [4.69, 9.17) is 33.3 Å². The number of nitrogens with zero attached hydrogens (tertiary/aromatic N) is 5. The molecule has 0 saturated carbocycles. The maximum Gasteiger partial charge on any atom is 0.165 e. The van der Waals surface area contributed by atoms with Gasteiger partial charge in [-0.15, -0.1) is 0 Å². The highest BCUT2D eigenvalue weighted by atomic mass is 35.5. The highest BCUT2D eigenvalue weighted by Crippen LogP contribution is 2.34.